The fourth-order valence-electron chi connectivity index (χ4n) is 1.88. The van der Waals surface area contributed by atoms with Crippen LogP contribution in [0.3, 0.4) is 0 Å². The number of hydrogen-bond donors (Lipinski definition) is 2. The summed E-state index contributed by atoms with van der Waals surface area (Å²) in [6.45, 7) is 7.76. The van der Waals surface area contributed by atoms with E-state index in [0.29, 0.717) is 11.3 Å². The topological polar surface area (TPSA) is 66.4 Å². The Morgan fingerprint density at radius 3 is 2.47 bits per heavy atom. The third-order valence-corrected chi connectivity index (χ3v) is 4.48. The van der Waals surface area contributed by atoms with E-state index in [0.717, 1.165) is 16.9 Å². The first-order valence-electron chi connectivity index (χ1n) is 6.53. The quantitative estimate of drug-likeness (QED) is 0.843. The summed E-state index contributed by atoms with van der Waals surface area (Å²) in [6, 6.07) is 1.02. The number of amides is 1. The number of aliphatic carboxylic acids is 1. The lowest BCUT2D eigenvalue weighted by Gasteiger charge is -2.19. The molecule has 0 aliphatic carbocycles. The van der Waals surface area contributed by atoms with Crippen molar-refractivity contribution in [3.8, 4) is 0 Å². The van der Waals surface area contributed by atoms with Gasteiger partial charge in [-0.05, 0) is 30.9 Å². The Balaban J connectivity index is 2.84. The van der Waals surface area contributed by atoms with Crippen molar-refractivity contribution in [3.63, 3.8) is 0 Å². The van der Waals surface area contributed by atoms with Gasteiger partial charge >= 0.3 is 5.97 Å². The van der Waals surface area contributed by atoms with Crippen LogP contribution in [0.5, 0.6) is 0 Å². The van der Waals surface area contributed by atoms with Crippen LogP contribution >= 0.6 is 11.3 Å². The van der Waals surface area contributed by atoms with Crippen molar-refractivity contribution in [2.45, 2.75) is 46.6 Å². The van der Waals surface area contributed by atoms with Gasteiger partial charge in [-0.1, -0.05) is 27.2 Å². The Hall–Kier alpha value is -1.36. The molecule has 0 spiro atoms. The summed E-state index contributed by atoms with van der Waals surface area (Å²) in [6.07, 6.45) is 1.59. The zero-order valence-corrected chi connectivity index (χ0v) is 12.6. The summed E-state index contributed by atoms with van der Waals surface area (Å²) >= 11 is 1.42. The minimum Gasteiger partial charge on any atom is -0.480 e. The number of hydrogen-bond acceptors (Lipinski definition) is 3. The van der Waals surface area contributed by atoms with Crippen LogP contribution in [0.15, 0.2) is 6.07 Å². The molecule has 1 rings (SSSR count). The second-order valence-electron chi connectivity index (χ2n) is 4.72. The summed E-state index contributed by atoms with van der Waals surface area (Å²) in [5, 5.41) is 11.8. The molecule has 5 heteroatoms. The third kappa shape index (κ3) is 3.80. The lowest BCUT2D eigenvalue weighted by molar-refractivity contribution is -0.140. The monoisotopic (exact) mass is 283 g/mol. The van der Waals surface area contributed by atoms with Crippen LogP contribution in [0, 0.1) is 12.8 Å². The van der Waals surface area contributed by atoms with Crippen LogP contribution in [0.1, 0.15) is 47.3 Å². The highest BCUT2D eigenvalue weighted by Gasteiger charge is 2.26. The maximum atomic E-state index is 12.1. The van der Waals surface area contributed by atoms with E-state index in [9.17, 15) is 9.59 Å². The highest BCUT2D eigenvalue weighted by Crippen LogP contribution is 2.22. The number of carboxylic acids is 1. The molecule has 1 aromatic heterocycles. The van der Waals surface area contributed by atoms with Crippen molar-refractivity contribution in [2.24, 2.45) is 5.92 Å². The second-order valence-corrected chi connectivity index (χ2v) is 5.98. The van der Waals surface area contributed by atoms with Crippen LogP contribution in [0.2, 0.25) is 0 Å². The van der Waals surface area contributed by atoms with Crippen molar-refractivity contribution >= 4 is 23.2 Å². The Labute approximate surface area is 117 Å². The molecule has 1 aromatic rings. The van der Waals surface area contributed by atoms with Crippen LogP contribution in [-0.4, -0.2) is 23.0 Å². The van der Waals surface area contributed by atoms with E-state index in [1.807, 2.05) is 33.8 Å². The van der Waals surface area contributed by atoms with Gasteiger partial charge in [0.05, 0.1) is 4.88 Å². The van der Waals surface area contributed by atoms with Gasteiger partial charge in [-0.2, -0.15) is 0 Å². The maximum absolute atomic E-state index is 12.1. The molecule has 0 fully saturated rings. The number of carbonyl (C=O) groups excluding carboxylic acids is 1. The molecule has 2 atom stereocenters. The van der Waals surface area contributed by atoms with Crippen molar-refractivity contribution in [1.29, 1.82) is 0 Å². The fourth-order valence-corrected chi connectivity index (χ4v) is 2.90. The molecule has 0 bridgehead atoms. The smallest absolute Gasteiger partial charge is 0.326 e. The van der Waals surface area contributed by atoms with Crippen LogP contribution < -0.4 is 5.32 Å². The van der Waals surface area contributed by atoms with Crippen molar-refractivity contribution in [3.05, 3.63) is 21.4 Å². The first-order valence-corrected chi connectivity index (χ1v) is 7.35. The normalized spacial score (nSPS) is 13.9. The summed E-state index contributed by atoms with van der Waals surface area (Å²) in [7, 11) is 0. The zero-order chi connectivity index (χ0) is 14.6. The summed E-state index contributed by atoms with van der Waals surface area (Å²) < 4.78 is 0. The molecule has 1 heterocycles. The molecule has 0 saturated heterocycles. The first-order chi connectivity index (χ1) is 8.90. The average Bonchev–Trinajstić information content (AvgIpc) is 2.75. The van der Waals surface area contributed by atoms with Gasteiger partial charge in [-0.15, -0.1) is 11.3 Å². The van der Waals surface area contributed by atoms with Crippen LogP contribution in [0.4, 0.5) is 0 Å². The molecule has 0 radical (unpaired) electrons. The first kappa shape index (κ1) is 15.7. The lowest BCUT2D eigenvalue weighted by Crippen LogP contribution is -2.44. The van der Waals surface area contributed by atoms with Gasteiger partial charge < -0.3 is 10.4 Å². The SMILES string of the molecule is CCc1cc(C(=O)N[C@H](C(=O)O)C(C)CC)sc1C. The predicted octanol–water partition coefficient (Wildman–Crippen LogP) is 2.85. The zero-order valence-electron chi connectivity index (χ0n) is 11.8. The standard InChI is InChI=1S/C14H21NO3S/c1-5-8(3)12(14(17)18)15-13(16)11-7-10(6-2)9(4)19-11/h7-8,12H,5-6H2,1-4H3,(H,15,16)(H,17,18)/t8?,12-/m0/s1. The van der Waals surface area contributed by atoms with E-state index in [1.165, 1.54) is 11.3 Å². The number of thiophene rings is 1. The van der Waals surface area contributed by atoms with Crippen molar-refractivity contribution in [1.82, 2.24) is 5.32 Å². The molecule has 0 aliphatic heterocycles. The molecule has 106 valence electrons. The number of nitrogens with one attached hydrogen (secondary N) is 1. The molecule has 4 nitrogen and oxygen atoms in total. The molecule has 0 aromatic carbocycles. The molecular weight excluding hydrogens is 262 g/mol. The fraction of sp³-hybridized carbons (Fsp3) is 0.571. The van der Waals surface area contributed by atoms with Gasteiger partial charge in [-0.25, -0.2) is 4.79 Å². The second kappa shape index (κ2) is 6.70. The molecular formula is C14H21NO3S. The van der Waals surface area contributed by atoms with Gasteiger partial charge in [-0.3, -0.25) is 4.79 Å². The summed E-state index contributed by atoms with van der Waals surface area (Å²) in [5.41, 5.74) is 1.14. The van der Waals surface area contributed by atoms with E-state index in [1.54, 1.807) is 0 Å². The Morgan fingerprint density at radius 2 is 2.05 bits per heavy atom. The Bertz CT molecular complexity index is 467. The Morgan fingerprint density at radius 1 is 1.42 bits per heavy atom. The predicted molar refractivity (Wildman–Crippen MR) is 76.8 cm³/mol. The lowest BCUT2D eigenvalue weighted by atomic mass is 9.99. The largest absolute Gasteiger partial charge is 0.480 e. The van der Waals surface area contributed by atoms with Crippen molar-refractivity contribution in [2.75, 3.05) is 0 Å². The molecule has 1 unspecified atom stereocenters. The van der Waals surface area contributed by atoms with E-state index in [4.69, 9.17) is 5.11 Å². The summed E-state index contributed by atoms with van der Waals surface area (Å²) in [4.78, 5) is 25.0. The van der Waals surface area contributed by atoms with E-state index >= 15 is 0 Å². The van der Waals surface area contributed by atoms with E-state index < -0.39 is 12.0 Å². The molecule has 0 saturated carbocycles. The molecule has 19 heavy (non-hydrogen) atoms. The molecule has 2 N–H and O–H groups in total. The number of rotatable bonds is 6. The van der Waals surface area contributed by atoms with Crippen LogP contribution in [-0.2, 0) is 11.2 Å². The third-order valence-electron chi connectivity index (χ3n) is 3.39. The van der Waals surface area contributed by atoms with E-state index in [-0.39, 0.29) is 11.8 Å². The van der Waals surface area contributed by atoms with Gasteiger partial charge in [0.25, 0.3) is 5.91 Å². The number of aryl methyl sites for hydroxylation is 2. The van der Waals surface area contributed by atoms with Crippen LogP contribution in [0.25, 0.3) is 0 Å². The number of carbonyl (C=O) groups is 2. The molecule has 0 aliphatic rings. The maximum Gasteiger partial charge on any atom is 0.326 e. The molecule has 1 amide bonds. The van der Waals surface area contributed by atoms with Gasteiger partial charge in [0.15, 0.2) is 0 Å². The number of carboxylic acid groups (broad SMARTS) is 1. The van der Waals surface area contributed by atoms with Gasteiger partial charge in [0, 0.05) is 4.88 Å². The van der Waals surface area contributed by atoms with Crippen molar-refractivity contribution < 1.29 is 14.7 Å². The minimum absolute atomic E-state index is 0.0897. The summed E-state index contributed by atoms with van der Waals surface area (Å²) in [5.74, 6) is -1.36. The Kier molecular flexibility index (Phi) is 5.54. The average molecular weight is 283 g/mol. The van der Waals surface area contributed by atoms with E-state index in [2.05, 4.69) is 5.32 Å². The highest BCUT2D eigenvalue weighted by molar-refractivity contribution is 7.14. The van der Waals surface area contributed by atoms with Gasteiger partial charge in [0.2, 0.25) is 0 Å². The minimum atomic E-state index is -0.980. The highest BCUT2D eigenvalue weighted by atomic mass is 32.1. The van der Waals surface area contributed by atoms with Gasteiger partial charge in [0.1, 0.15) is 6.04 Å².